The number of benzene rings is 1. The second-order valence-electron chi connectivity index (χ2n) is 3.63. The summed E-state index contributed by atoms with van der Waals surface area (Å²) in [6.45, 7) is 1.61. The maximum absolute atomic E-state index is 6.25. The van der Waals surface area contributed by atoms with E-state index in [1.54, 1.807) is 7.11 Å². The number of nitrogens with one attached hydrogen (secondary N) is 2. The molecule has 0 saturated carbocycles. The highest BCUT2D eigenvalue weighted by atomic mass is 35.5. The molecule has 0 fully saturated rings. The fourth-order valence-corrected chi connectivity index (χ4v) is 1.88. The van der Waals surface area contributed by atoms with Crippen molar-refractivity contribution in [2.24, 2.45) is 0 Å². The average molecular weight is 255 g/mol. The van der Waals surface area contributed by atoms with Crippen LogP contribution in [0.1, 0.15) is 5.69 Å². The van der Waals surface area contributed by atoms with Crippen LogP contribution in [0.2, 0.25) is 5.02 Å². The van der Waals surface area contributed by atoms with E-state index in [0.29, 0.717) is 19.8 Å². The average Bonchev–Trinajstić information content (AvgIpc) is 2.67. The SMILES string of the molecule is COCCONCc1[nH]c2ccccc2c1Cl. The quantitative estimate of drug-likeness (QED) is 0.615. The molecule has 0 atom stereocenters. The van der Waals surface area contributed by atoms with E-state index in [1.165, 1.54) is 0 Å². The van der Waals surface area contributed by atoms with E-state index < -0.39 is 0 Å². The lowest BCUT2D eigenvalue weighted by atomic mass is 10.2. The monoisotopic (exact) mass is 254 g/mol. The molecule has 0 aliphatic rings. The molecule has 2 aromatic rings. The summed E-state index contributed by atoms with van der Waals surface area (Å²) in [5, 5.41) is 1.77. The van der Waals surface area contributed by atoms with Gasteiger partial charge in [0.15, 0.2) is 0 Å². The Hall–Kier alpha value is -1.07. The van der Waals surface area contributed by atoms with Crippen molar-refractivity contribution in [2.75, 3.05) is 20.3 Å². The first-order chi connectivity index (χ1) is 8.33. The van der Waals surface area contributed by atoms with Gasteiger partial charge in [0.25, 0.3) is 0 Å². The third kappa shape index (κ3) is 2.98. The summed E-state index contributed by atoms with van der Waals surface area (Å²) in [6, 6.07) is 7.93. The maximum atomic E-state index is 6.25. The third-order valence-electron chi connectivity index (χ3n) is 2.45. The molecule has 1 aromatic carbocycles. The second kappa shape index (κ2) is 6.02. The summed E-state index contributed by atoms with van der Waals surface area (Å²) in [5.74, 6) is 0. The Bertz CT molecular complexity index is 484. The van der Waals surface area contributed by atoms with Crippen LogP contribution in [0.25, 0.3) is 10.9 Å². The number of ether oxygens (including phenoxy) is 1. The van der Waals surface area contributed by atoms with E-state index in [4.69, 9.17) is 21.2 Å². The summed E-state index contributed by atoms with van der Waals surface area (Å²) >= 11 is 6.25. The van der Waals surface area contributed by atoms with Gasteiger partial charge in [-0.2, -0.15) is 5.48 Å². The van der Waals surface area contributed by atoms with Crippen LogP contribution >= 0.6 is 11.6 Å². The van der Waals surface area contributed by atoms with Crippen molar-refractivity contribution in [2.45, 2.75) is 6.54 Å². The number of methoxy groups -OCH3 is 1. The number of fused-ring (bicyclic) bond motifs is 1. The number of hydrogen-bond donors (Lipinski definition) is 2. The Morgan fingerprint density at radius 2 is 2.12 bits per heavy atom. The Kier molecular flexibility index (Phi) is 4.39. The van der Waals surface area contributed by atoms with E-state index >= 15 is 0 Å². The Labute approximate surface area is 105 Å². The number of halogens is 1. The van der Waals surface area contributed by atoms with Crippen molar-refractivity contribution in [3.63, 3.8) is 0 Å². The van der Waals surface area contributed by atoms with Gasteiger partial charge in [-0.15, -0.1) is 0 Å². The minimum atomic E-state index is 0.508. The van der Waals surface area contributed by atoms with Crippen LogP contribution in [0.5, 0.6) is 0 Å². The van der Waals surface area contributed by atoms with Gasteiger partial charge in [-0.1, -0.05) is 29.8 Å². The highest BCUT2D eigenvalue weighted by molar-refractivity contribution is 6.36. The molecule has 0 amide bonds. The number of hydroxylamine groups is 1. The Morgan fingerprint density at radius 1 is 1.29 bits per heavy atom. The molecule has 17 heavy (non-hydrogen) atoms. The molecular formula is C12H15ClN2O2. The van der Waals surface area contributed by atoms with Gasteiger partial charge in [0, 0.05) is 18.0 Å². The minimum absolute atomic E-state index is 0.508. The fraction of sp³-hybridized carbons (Fsp3) is 0.333. The standard InChI is InChI=1S/C12H15ClN2O2/c1-16-6-7-17-14-8-11-12(13)9-4-2-3-5-10(9)15-11/h2-5,14-15H,6-8H2,1H3. The fourth-order valence-electron chi connectivity index (χ4n) is 1.61. The summed E-state index contributed by atoms with van der Waals surface area (Å²) in [6.07, 6.45) is 0. The molecule has 4 nitrogen and oxygen atoms in total. The molecule has 0 radical (unpaired) electrons. The van der Waals surface area contributed by atoms with E-state index in [-0.39, 0.29) is 0 Å². The number of para-hydroxylation sites is 1. The number of aromatic nitrogens is 1. The van der Waals surface area contributed by atoms with Crippen LogP contribution in [-0.2, 0) is 16.1 Å². The first-order valence-corrected chi connectivity index (χ1v) is 5.79. The Balaban J connectivity index is 1.97. The third-order valence-corrected chi connectivity index (χ3v) is 2.89. The molecule has 92 valence electrons. The van der Waals surface area contributed by atoms with Gasteiger partial charge in [0.1, 0.15) is 0 Å². The lowest BCUT2D eigenvalue weighted by molar-refractivity contribution is 0.00308. The smallest absolute Gasteiger partial charge is 0.0916 e. The van der Waals surface area contributed by atoms with Crippen LogP contribution < -0.4 is 5.48 Å². The van der Waals surface area contributed by atoms with Crippen molar-refractivity contribution >= 4 is 22.5 Å². The first kappa shape index (κ1) is 12.4. The first-order valence-electron chi connectivity index (χ1n) is 5.41. The van der Waals surface area contributed by atoms with E-state index in [9.17, 15) is 0 Å². The molecule has 0 bridgehead atoms. The van der Waals surface area contributed by atoms with Crippen molar-refractivity contribution < 1.29 is 9.57 Å². The van der Waals surface area contributed by atoms with Crippen LogP contribution in [0.15, 0.2) is 24.3 Å². The van der Waals surface area contributed by atoms with E-state index in [0.717, 1.165) is 21.6 Å². The number of H-pyrrole nitrogens is 1. The van der Waals surface area contributed by atoms with E-state index in [2.05, 4.69) is 10.5 Å². The van der Waals surface area contributed by atoms with Crippen LogP contribution in [-0.4, -0.2) is 25.3 Å². The summed E-state index contributed by atoms with van der Waals surface area (Å²) < 4.78 is 4.87. The molecule has 0 aliphatic heterocycles. The van der Waals surface area contributed by atoms with Crippen molar-refractivity contribution in [3.05, 3.63) is 35.0 Å². The molecule has 2 N–H and O–H groups in total. The van der Waals surface area contributed by atoms with Crippen molar-refractivity contribution in [1.82, 2.24) is 10.5 Å². The summed E-state index contributed by atoms with van der Waals surface area (Å²) in [4.78, 5) is 8.42. The predicted octanol–water partition coefficient (Wildman–Crippen LogP) is 2.49. The van der Waals surface area contributed by atoms with Gasteiger partial charge in [-0.05, 0) is 6.07 Å². The summed E-state index contributed by atoms with van der Waals surface area (Å²) in [5.41, 5.74) is 4.80. The molecule has 0 spiro atoms. The number of hydrogen-bond acceptors (Lipinski definition) is 3. The zero-order valence-electron chi connectivity index (χ0n) is 9.63. The molecular weight excluding hydrogens is 240 g/mol. The summed E-state index contributed by atoms with van der Waals surface area (Å²) in [7, 11) is 1.64. The minimum Gasteiger partial charge on any atom is -0.382 e. The molecule has 2 rings (SSSR count). The topological polar surface area (TPSA) is 46.3 Å². The highest BCUT2D eigenvalue weighted by Gasteiger charge is 2.07. The highest BCUT2D eigenvalue weighted by Crippen LogP contribution is 2.26. The maximum Gasteiger partial charge on any atom is 0.0916 e. The molecule has 0 unspecified atom stereocenters. The number of aromatic amines is 1. The predicted molar refractivity (Wildman–Crippen MR) is 68.0 cm³/mol. The molecule has 1 aromatic heterocycles. The van der Waals surface area contributed by atoms with Crippen LogP contribution in [0.3, 0.4) is 0 Å². The van der Waals surface area contributed by atoms with Gasteiger partial charge in [0.2, 0.25) is 0 Å². The van der Waals surface area contributed by atoms with Gasteiger partial charge in [-0.3, -0.25) is 4.84 Å². The number of rotatable bonds is 6. The zero-order chi connectivity index (χ0) is 12.1. The molecule has 0 saturated heterocycles. The normalized spacial score (nSPS) is 11.2. The van der Waals surface area contributed by atoms with Gasteiger partial charge >= 0.3 is 0 Å². The van der Waals surface area contributed by atoms with Crippen LogP contribution in [0, 0.1) is 0 Å². The van der Waals surface area contributed by atoms with E-state index in [1.807, 2.05) is 24.3 Å². The molecule has 5 heteroatoms. The molecule has 1 heterocycles. The lowest BCUT2D eigenvalue weighted by Crippen LogP contribution is -2.17. The van der Waals surface area contributed by atoms with Crippen LogP contribution in [0.4, 0.5) is 0 Å². The van der Waals surface area contributed by atoms with Crippen molar-refractivity contribution in [3.8, 4) is 0 Å². The van der Waals surface area contributed by atoms with Gasteiger partial charge < -0.3 is 9.72 Å². The van der Waals surface area contributed by atoms with Gasteiger partial charge in [0.05, 0.1) is 30.5 Å². The largest absolute Gasteiger partial charge is 0.382 e. The second-order valence-corrected chi connectivity index (χ2v) is 4.00. The van der Waals surface area contributed by atoms with Gasteiger partial charge in [-0.25, -0.2) is 0 Å². The molecule has 0 aliphatic carbocycles. The lowest BCUT2D eigenvalue weighted by Gasteiger charge is -2.04. The zero-order valence-corrected chi connectivity index (χ0v) is 10.4. The Morgan fingerprint density at radius 3 is 2.88 bits per heavy atom. The van der Waals surface area contributed by atoms with Crippen molar-refractivity contribution in [1.29, 1.82) is 0 Å².